The maximum Gasteiger partial charge on any atom is 0.328 e. The number of nitrogens with zero attached hydrogens (tertiary/aromatic N) is 1. The molecule has 0 bridgehead atoms. The monoisotopic (exact) mass is 318 g/mol. The van der Waals surface area contributed by atoms with E-state index in [9.17, 15) is 9.59 Å². The predicted octanol–water partition coefficient (Wildman–Crippen LogP) is 2.03. The highest BCUT2D eigenvalue weighted by molar-refractivity contribution is 5.87. The summed E-state index contributed by atoms with van der Waals surface area (Å²) in [5.41, 5.74) is 0.346. The molecule has 0 fully saturated rings. The summed E-state index contributed by atoms with van der Waals surface area (Å²) in [7, 11) is 1.28. The van der Waals surface area contributed by atoms with Crippen molar-refractivity contribution in [3.05, 3.63) is 29.8 Å². The summed E-state index contributed by atoms with van der Waals surface area (Å²) in [4.78, 5) is 24.1. The summed E-state index contributed by atoms with van der Waals surface area (Å²) in [6.07, 6.45) is -0.132. The van der Waals surface area contributed by atoms with Gasteiger partial charge in [0.2, 0.25) is 0 Å². The summed E-state index contributed by atoms with van der Waals surface area (Å²) < 4.78 is 10.3. The minimum absolute atomic E-state index is 0.0648. The lowest BCUT2D eigenvalue weighted by molar-refractivity contribution is -0.147. The van der Waals surface area contributed by atoms with E-state index in [-0.39, 0.29) is 5.92 Å². The molecule has 0 heterocycles. The van der Waals surface area contributed by atoms with Crippen LogP contribution in [-0.2, 0) is 14.3 Å². The first kappa shape index (κ1) is 18.5. The van der Waals surface area contributed by atoms with Crippen LogP contribution in [0.3, 0.4) is 0 Å². The van der Waals surface area contributed by atoms with E-state index < -0.39 is 24.0 Å². The Bertz CT molecular complexity index is 595. The summed E-state index contributed by atoms with van der Waals surface area (Å²) in [5.74, 6) is -0.661. The van der Waals surface area contributed by atoms with E-state index in [0.717, 1.165) is 0 Å². The van der Waals surface area contributed by atoms with Crippen LogP contribution in [0.4, 0.5) is 0 Å². The molecule has 0 spiro atoms. The highest BCUT2D eigenvalue weighted by atomic mass is 16.5. The zero-order valence-electron chi connectivity index (χ0n) is 13.8. The lowest BCUT2D eigenvalue weighted by Gasteiger charge is -2.24. The second kappa shape index (κ2) is 8.79. The zero-order chi connectivity index (χ0) is 17.4. The number of para-hydroxylation sites is 1. The van der Waals surface area contributed by atoms with Crippen LogP contribution < -0.4 is 10.1 Å². The number of nitriles is 1. The molecule has 1 rings (SSSR count). The third-order valence-electron chi connectivity index (χ3n) is 3.65. The molecule has 0 aromatic heterocycles. The van der Waals surface area contributed by atoms with E-state index in [1.807, 2.05) is 19.9 Å². The number of benzene rings is 1. The third-order valence-corrected chi connectivity index (χ3v) is 3.65. The van der Waals surface area contributed by atoms with Gasteiger partial charge >= 0.3 is 5.97 Å². The van der Waals surface area contributed by atoms with Crippen molar-refractivity contribution in [3.63, 3.8) is 0 Å². The molecule has 0 aliphatic heterocycles. The van der Waals surface area contributed by atoms with Gasteiger partial charge in [0.15, 0.2) is 6.10 Å². The molecule has 0 aliphatic rings. The second-order valence-corrected chi connectivity index (χ2v) is 5.26. The number of amides is 1. The molecule has 1 N–H and O–H groups in total. The van der Waals surface area contributed by atoms with Crippen molar-refractivity contribution in [3.8, 4) is 11.8 Å². The fourth-order valence-electron chi connectivity index (χ4n) is 1.97. The molecule has 0 aliphatic carbocycles. The first-order valence-electron chi connectivity index (χ1n) is 7.48. The summed E-state index contributed by atoms with van der Waals surface area (Å²) in [6, 6.07) is 7.94. The van der Waals surface area contributed by atoms with Crippen molar-refractivity contribution in [2.45, 2.75) is 39.3 Å². The number of nitrogens with one attached hydrogen (secondary N) is 1. The van der Waals surface area contributed by atoms with Crippen molar-refractivity contribution in [1.29, 1.82) is 5.26 Å². The molecule has 3 unspecified atom stereocenters. The van der Waals surface area contributed by atoms with Gasteiger partial charge in [-0.15, -0.1) is 0 Å². The number of hydrogen-bond acceptors (Lipinski definition) is 5. The summed E-state index contributed by atoms with van der Waals surface area (Å²) in [5, 5.41) is 11.7. The number of carbonyl (C=O) groups excluding carboxylic acids is 2. The molecule has 3 atom stereocenters. The number of ether oxygens (including phenoxy) is 2. The van der Waals surface area contributed by atoms with Gasteiger partial charge in [0.05, 0.1) is 12.7 Å². The Morgan fingerprint density at radius 3 is 2.52 bits per heavy atom. The number of hydrogen-bond donors (Lipinski definition) is 1. The van der Waals surface area contributed by atoms with Gasteiger partial charge in [-0.1, -0.05) is 32.4 Å². The molecule has 0 saturated carbocycles. The SMILES string of the molecule is CCC(C)C(NC(=O)C(C)Oc1ccccc1C#N)C(=O)OC. The fourth-order valence-corrected chi connectivity index (χ4v) is 1.97. The van der Waals surface area contributed by atoms with Gasteiger partial charge in [-0.05, 0) is 25.0 Å². The Kier molecular flexibility index (Phi) is 7.07. The first-order valence-corrected chi connectivity index (χ1v) is 7.48. The van der Waals surface area contributed by atoms with E-state index in [0.29, 0.717) is 17.7 Å². The van der Waals surface area contributed by atoms with Crippen LogP contribution in [0.15, 0.2) is 24.3 Å². The van der Waals surface area contributed by atoms with Crippen LogP contribution in [0.1, 0.15) is 32.8 Å². The maximum absolute atomic E-state index is 12.3. The molecule has 6 heteroatoms. The summed E-state index contributed by atoms with van der Waals surface area (Å²) in [6.45, 7) is 5.35. The molecule has 124 valence electrons. The van der Waals surface area contributed by atoms with Crippen molar-refractivity contribution < 1.29 is 19.1 Å². The molecular formula is C17H22N2O4. The van der Waals surface area contributed by atoms with Gasteiger partial charge in [0.1, 0.15) is 17.9 Å². The van der Waals surface area contributed by atoms with Gasteiger partial charge in [-0.3, -0.25) is 4.79 Å². The van der Waals surface area contributed by atoms with Gasteiger partial charge in [0.25, 0.3) is 5.91 Å². The number of rotatable bonds is 7. The Morgan fingerprint density at radius 1 is 1.30 bits per heavy atom. The number of carbonyl (C=O) groups is 2. The van der Waals surface area contributed by atoms with Crippen molar-refractivity contribution >= 4 is 11.9 Å². The second-order valence-electron chi connectivity index (χ2n) is 5.26. The standard InChI is InChI=1S/C17H22N2O4/c1-5-11(2)15(17(21)22-4)19-16(20)12(3)23-14-9-7-6-8-13(14)10-18/h6-9,11-12,15H,5H2,1-4H3,(H,19,20). The fraction of sp³-hybridized carbons (Fsp3) is 0.471. The molecule has 1 amide bonds. The topological polar surface area (TPSA) is 88.4 Å². The van der Waals surface area contributed by atoms with E-state index in [4.69, 9.17) is 14.7 Å². The van der Waals surface area contributed by atoms with Gasteiger partial charge < -0.3 is 14.8 Å². The summed E-state index contributed by atoms with van der Waals surface area (Å²) >= 11 is 0. The normalized spacial score (nSPS) is 14.0. The molecule has 23 heavy (non-hydrogen) atoms. The quantitative estimate of drug-likeness (QED) is 0.777. The van der Waals surface area contributed by atoms with E-state index in [2.05, 4.69) is 5.32 Å². The maximum atomic E-state index is 12.3. The average molecular weight is 318 g/mol. The molecular weight excluding hydrogens is 296 g/mol. The van der Waals surface area contributed by atoms with Crippen LogP contribution in [0.25, 0.3) is 0 Å². The van der Waals surface area contributed by atoms with E-state index >= 15 is 0 Å². The highest BCUT2D eigenvalue weighted by Gasteiger charge is 2.29. The molecule has 1 aromatic rings. The molecule has 6 nitrogen and oxygen atoms in total. The largest absolute Gasteiger partial charge is 0.480 e. The Labute approximate surface area is 136 Å². The van der Waals surface area contributed by atoms with E-state index in [1.165, 1.54) is 7.11 Å². The number of esters is 1. The lowest BCUT2D eigenvalue weighted by atomic mass is 9.99. The zero-order valence-corrected chi connectivity index (χ0v) is 13.8. The highest BCUT2D eigenvalue weighted by Crippen LogP contribution is 2.18. The first-order chi connectivity index (χ1) is 10.9. The van der Waals surface area contributed by atoms with Crippen LogP contribution >= 0.6 is 0 Å². The molecule has 1 aromatic carbocycles. The Morgan fingerprint density at radius 2 is 1.96 bits per heavy atom. The van der Waals surface area contributed by atoms with Crippen LogP contribution in [-0.4, -0.2) is 31.1 Å². The minimum atomic E-state index is -0.847. The van der Waals surface area contributed by atoms with Crippen molar-refractivity contribution in [1.82, 2.24) is 5.32 Å². The predicted molar refractivity (Wildman–Crippen MR) is 84.6 cm³/mol. The van der Waals surface area contributed by atoms with Gasteiger partial charge in [-0.2, -0.15) is 5.26 Å². The molecule has 0 saturated heterocycles. The third kappa shape index (κ3) is 4.99. The van der Waals surface area contributed by atoms with Crippen LogP contribution in [0, 0.1) is 17.2 Å². The average Bonchev–Trinajstić information content (AvgIpc) is 2.58. The van der Waals surface area contributed by atoms with Crippen molar-refractivity contribution in [2.24, 2.45) is 5.92 Å². The van der Waals surface area contributed by atoms with Crippen LogP contribution in [0.5, 0.6) is 5.75 Å². The van der Waals surface area contributed by atoms with Crippen LogP contribution in [0.2, 0.25) is 0 Å². The molecule has 0 radical (unpaired) electrons. The number of methoxy groups -OCH3 is 1. The Hall–Kier alpha value is -2.55. The Balaban J connectivity index is 2.79. The minimum Gasteiger partial charge on any atom is -0.480 e. The van der Waals surface area contributed by atoms with Crippen molar-refractivity contribution in [2.75, 3.05) is 7.11 Å². The lowest BCUT2D eigenvalue weighted by Crippen LogP contribution is -2.49. The van der Waals surface area contributed by atoms with E-state index in [1.54, 1.807) is 31.2 Å². The van der Waals surface area contributed by atoms with Gasteiger partial charge in [0, 0.05) is 0 Å². The van der Waals surface area contributed by atoms with Gasteiger partial charge in [-0.25, -0.2) is 4.79 Å². The smallest absolute Gasteiger partial charge is 0.328 e.